The Morgan fingerprint density at radius 1 is 1.42 bits per heavy atom. The molecule has 0 saturated carbocycles. The summed E-state index contributed by atoms with van der Waals surface area (Å²) in [6.45, 7) is 8.06. The summed E-state index contributed by atoms with van der Waals surface area (Å²) in [5.41, 5.74) is 5.75. The fourth-order valence-electron chi connectivity index (χ4n) is 3.05. The van der Waals surface area contributed by atoms with Crippen LogP contribution < -0.4 is 5.73 Å². The van der Waals surface area contributed by atoms with Gasteiger partial charge in [0, 0.05) is 39.3 Å². The lowest BCUT2D eigenvalue weighted by atomic mass is 10.1. The molecule has 2 heterocycles. The molecule has 0 aromatic heterocycles. The first-order valence-corrected chi connectivity index (χ1v) is 7.30. The van der Waals surface area contributed by atoms with Crippen molar-refractivity contribution in [3.63, 3.8) is 0 Å². The summed E-state index contributed by atoms with van der Waals surface area (Å²) in [6.07, 6.45) is 3.70. The lowest BCUT2D eigenvalue weighted by molar-refractivity contribution is 0.0459. The summed E-state index contributed by atoms with van der Waals surface area (Å²) in [5, 5.41) is 12.0. The van der Waals surface area contributed by atoms with Crippen LogP contribution in [0.3, 0.4) is 0 Å². The number of ether oxygens (including phenoxy) is 1. The van der Waals surface area contributed by atoms with Crippen LogP contribution in [0.15, 0.2) is 5.16 Å². The van der Waals surface area contributed by atoms with Gasteiger partial charge < -0.3 is 15.7 Å². The van der Waals surface area contributed by atoms with Crippen molar-refractivity contribution in [3.8, 4) is 0 Å². The second-order valence-corrected chi connectivity index (χ2v) is 5.42. The van der Waals surface area contributed by atoms with Crippen LogP contribution in [0.25, 0.3) is 0 Å². The lowest BCUT2D eigenvalue weighted by Crippen LogP contribution is -2.54. The summed E-state index contributed by atoms with van der Waals surface area (Å²) in [4.78, 5) is 4.77. The van der Waals surface area contributed by atoms with Gasteiger partial charge in [-0.25, -0.2) is 0 Å². The van der Waals surface area contributed by atoms with Crippen molar-refractivity contribution >= 4 is 5.84 Å². The van der Waals surface area contributed by atoms with Gasteiger partial charge in [0.2, 0.25) is 0 Å². The van der Waals surface area contributed by atoms with Gasteiger partial charge >= 0.3 is 0 Å². The van der Waals surface area contributed by atoms with Crippen LogP contribution in [0.5, 0.6) is 0 Å². The molecule has 2 aliphatic heterocycles. The molecule has 2 fully saturated rings. The average Bonchev–Trinajstić information content (AvgIpc) is 2.94. The Kier molecular flexibility index (Phi) is 5.42. The molecule has 0 amide bonds. The van der Waals surface area contributed by atoms with E-state index in [0.717, 1.165) is 45.8 Å². The fraction of sp³-hybridized carbons (Fsp3) is 0.923. The molecule has 3 N–H and O–H groups in total. The molecular weight excluding hydrogens is 244 g/mol. The van der Waals surface area contributed by atoms with E-state index in [1.54, 1.807) is 0 Å². The van der Waals surface area contributed by atoms with Gasteiger partial charge in [-0.2, -0.15) is 0 Å². The molecule has 2 rings (SSSR count). The maximum Gasteiger partial charge on any atom is 0.156 e. The quantitative estimate of drug-likeness (QED) is 0.325. The molecule has 2 saturated heterocycles. The van der Waals surface area contributed by atoms with Crippen molar-refractivity contribution in [1.82, 2.24) is 9.80 Å². The van der Waals surface area contributed by atoms with Crippen molar-refractivity contribution < 1.29 is 9.94 Å². The molecule has 0 spiro atoms. The monoisotopic (exact) mass is 270 g/mol. The maximum absolute atomic E-state index is 8.82. The third kappa shape index (κ3) is 3.81. The molecule has 2 aliphatic rings. The number of piperazine rings is 1. The van der Waals surface area contributed by atoms with E-state index in [-0.39, 0.29) is 6.04 Å². The van der Waals surface area contributed by atoms with Gasteiger partial charge in [-0.3, -0.25) is 9.80 Å². The van der Waals surface area contributed by atoms with Crippen molar-refractivity contribution in [2.45, 2.75) is 38.3 Å². The van der Waals surface area contributed by atoms with Crippen molar-refractivity contribution in [1.29, 1.82) is 0 Å². The largest absolute Gasteiger partial charge is 0.409 e. The van der Waals surface area contributed by atoms with E-state index in [2.05, 4.69) is 21.9 Å². The molecule has 0 radical (unpaired) electrons. The maximum atomic E-state index is 8.82. The lowest BCUT2D eigenvalue weighted by Gasteiger charge is -2.39. The van der Waals surface area contributed by atoms with Crippen molar-refractivity contribution in [3.05, 3.63) is 0 Å². The van der Waals surface area contributed by atoms with Crippen LogP contribution in [-0.2, 0) is 4.74 Å². The number of hydrogen-bond donors (Lipinski definition) is 2. The highest BCUT2D eigenvalue weighted by atomic mass is 16.5. The topological polar surface area (TPSA) is 74.3 Å². The summed E-state index contributed by atoms with van der Waals surface area (Å²) in [5.74, 6) is 0.329. The third-order valence-corrected chi connectivity index (χ3v) is 4.18. The van der Waals surface area contributed by atoms with Gasteiger partial charge in [0.15, 0.2) is 5.84 Å². The normalized spacial score (nSPS) is 28.7. The van der Waals surface area contributed by atoms with Crippen molar-refractivity contribution in [2.75, 3.05) is 39.3 Å². The van der Waals surface area contributed by atoms with E-state index in [0.29, 0.717) is 11.9 Å². The fourth-order valence-corrected chi connectivity index (χ4v) is 3.05. The summed E-state index contributed by atoms with van der Waals surface area (Å²) < 4.78 is 5.68. The molecule has 6 nitrogen and oxygen atoms in total. The number of oxime groups is 1. The summed E-state index contributed by atoms with van der Waals surface area (Å²) in [7, 11) is 0. The zero-order valence-corrected chi connectivity index (χ0v) is 11.8. The highest BCUT2D eigenvalue weighted by Gasteiger charge is 2.27. The van der Waals surface area contributed by atoms with Crippen LogP contribution >= 0.6 is 0 Å². The second-order valence-electron chi connectivity index (χ2n) is 5.42. The summed E-state index contributed by atoms with van der Waals surface area (Å²) >= 11 is 0. The first kappa shape index (κ1) is 14.6. The zero-order chi connectivity index (χ0) is 13.7. The minimum absolute atomic E-state index is 0.0647. The van der Waals surface area contributed by atoms with Crippen LogP contribution in [0.1, 0.15) is 26.2 Å². The Morgan fingerprint density at radius 3 is 2.68 bits per heavy atom. The van der Waals surface area contributed by atoms with E-state index in [1.165, 1.54) is 12.8 Å². The van der Waals surface area contributed by atoms with Crippen LogP contribution in [0, 0.1) is 0 Å². The molecule has 0 aromatic rings. The number of nitrogens with zero attached hydrogens (tertiary/aromatic N) is 3. The Bertz CT molecular complexity index is 297. The Balaban J connectivity index is 1.77. The Hall–Kier alpha value is -0.850. The standard InChI is InChI=1S/C13H26N4O2/c1-2-12(13(14)15-18)17-7-5-16(6-8-17)10-11-4-3-9-19-11/h11-12,18H,2-10H2,1H3,(H2,14,15). The Labute approximate surface area is 115 Å². The van der Waals surface area contributed by atoms with E-state index in [9.17, 15) is 0 Å². The molecule has 110 valence electrons. The predicted octanol–water partition coefficient (Wildman–Crippen LogP) is 0.308. The number of hydrogen-bond acceptors (Lipinski definition) is 5. The minimum atomic E-state index is 0.0647. The van der Waals surface area contributed by atoms with E-state index in [1.807, 2.05) is 0 Å². The van der Waals surface area contributed by atoms with Gasteiger partial charge in [-0.1, -0.05) is 12.1 Å². The highest BCUT2D eigenvalue weighted by Crippen LogP contribution is 2.15. The number of nitrogens with two attached hydrogens (primary N) is 1. The average molecular weight is 270 g/mol. The number of rotatable bonds is 5. The highest BCUT2D eigenvalue weighted by molar-refractivity contribution is 5.85. The summed E-state index contributed by atoms with van der Waals surface area (Å²) in [6, 6.07) is 0.0647. The molecule has 6 heteroatoms. The first-order chi connectivity index (χ1) is 9.24. The molecule has 19 heavy (non-hydrogen) atoms. The molecule has 0 aliphatic carbocycles. The Morgan fingerprint density at radius 2 is 2.16 bits per heavy atom. The van der Waals surface area contributed by atoms with E-state index < -0.39 is 0 Å². The van der Waals surface area contributed by atoms with Gasteiger partial charge in [-0.05, 0) is 19.3 Å². The van der Waals surface area contributed by atoms with E-state index >= 15 is 0 Å². The second kappa shape index (κ2) is 7.07. The molecule has 0 bridgehead atoms. The van der Waals surface area contributed by atoms with Crippen LogP contribution in [-0.4, -0.2) is 72.3 Å². The SMILES string of the molecule is CCC(C(N)=NO)N1CCN(CC2CCCO2)CC1. The van der Waals surface area contributed by atoms with E-state index in [4.69, 9.17) is 15.7 Å². The predicted molar refractivity (Wildman–Crippen MR) is 74.5 cm³/mol. The molecule has 2 atom stereocenters. The van der Waals surface area contributed by atoms with Crippen molar-refractivity contribution in [2.24, 2.45) is 10.9 Å². The third-order valence-electron chi connectivity index (χ3n) is 4.18. The molecule has 2 unspecified atom stereocenters. The van der Waals surface area contributed by atoms with Gasteiger partial charge in [-0.15, -0.1) is 0 Å². The van der Waals surface area contributed by atoms with Gasteiger partial charge in [0.05, 0.1) is 12.1 Å². The van der Waals surface area contributed by atoms with Gasteiger partial charge in [0.1, 0.15) is 0 Å². The minimum Gasteiger partial charge on any atom is -0.409 e. The molecular formula is C13H26N4O2. The van der Waals surface area contributed by atoms with Gasteiger partial charge in [0.25, 0.3) is 0 Å². The van der Waals surface area contributed by atoms with Crippen LogP contribution in [0.4, 0.5) is 0 Å². The smallest absolute Gasteiger partial charge is 0.156 e. The molecule has 0 aromatic carbocycles. The zero-order valence-electron chi connectivity index (χ0n) is 11.8. The van der Waals surface area contributed by atoms with Crippen LogP contribution in [0.2, 0.25) is 0 Å². The number of amidine groups is 1. The first-order valence-electron chi connectivity index (χ1n) is 7.30.